The summed E-state index contributed by atoms with van der Waals surface area (Å²) >= 11 is 0. The first-order chi connectivity index (χ1) is 15.5. The number of methoxy groups -OCH3 is 1. The number of hydrogen-bond acceptors (Lipinski definition) is 5. The minimum absolute atomic E-state index is 0.106. The average Bonchev–Trinajstić information content (AvgIpc) is 2.79. The van der Waals surface area contributed by atoms with Gasteiger partial charge in [-0.2, -0.15) is 0 Å². The van der Waals surface area contributed by atoms with E-state index in [9.17, 15) is 13.2 Å². The number of fused-ring (bicyclic) bond motifs is 1. The maximum Gasteiger partial charge on any atom is 0.266 e. The Labute approximate surface area is 184 Å². The van der Waals surface area contributed by atoms with Crippen molar-refractivity contribution in [3.8, 4) is 11.5 Å². The van der Waals surface area contributed by atoms with E-state index in [2.05, 4.69) is 15.6 Å². The quantitative estimate of drug-likeness (QED) is 0.494. The van der Waals surface area contributed by atoms with Crippen LogP contribution in [0.2, 0.25) is 0 Å². The normalized spacial score (nSPS) is 15.7. The minimum Gasteiger partial charge on any atom is -0.493 e. The van der Waals surface area contributed by atoms with Gasteiger partial charge < -0.3 is 20.1 Å². The standard InChI is InChI=1S/C24H26F3N3O2/c1-14(16-4-3-5-17(23(16)25)24(26)27)30-19-8-11-29-20-13-22(21(31-2)12-18(19)20)32-15-6-9-28-10-7-15/h3-5,8,11-15,24,28H,6-7,9-10H2,1-2H3,(H,29,30)/t14-/m1/s1. The van der Waals surface area contributed by atoms with Gasteiger partial charge >= 0.3 is 0 Å². The molecule has 2 N–H and O–H groups in total. The largest absolute Gasteiger partial charge is 0.493 e. The summed E-state index contributed by atoms with van der Waals surface area (Å²) in [5.41, 5.74) is 0.951. The van der Waals surface area contributed by atoms with Crippen molar-refractivity contribution in [2.45, 2.75) is 38.3 Å². The highest BCUT2D eigenvalue weighted by Gasteiger charge is 2.21. The SMILES string of the molecule is COc1cc2c(N[C@H](C)c3cccc(C(F)F)c3F)ccnc2cc1OC1CCNCC1. The topological polar surface area (TPSA) is 55.4 Å². The molecule has 0 amide bonds. The van der Waals surface area contributed by atoms with Crippen LogP contribution in [0.25, 0.3) is 10.9 Å². The Kier molecular flexibility index (Phi) is 6.69. The summed E-state index contributed by atoms with van der Waals surface area (Å²) in [7, 11) is 1.58. The Bertz CT molecular complexity index is 1090. The fraction of sp³-hybridized carbons (Fsp3) is 0.375. The highest BCUT2D eigenvalue weighted by molar-refractivity contribution is 5.93. The Morgan fingerprint density at radius 1 is 1.09 bits per heavy atom. The van der Waals surface area contributed by atoms with Crippen LogP contribution in [0.5, 0.6) is 11.5 Å². The Balaban J connectivity index is 1.64. The molecule has 0 radical (unpaired) electrons. The van der Waals surface area contributed by atoms with Crippen molar-refractivity contribution in [2.24, 2.45) is 0 Å². The van der Waals surface area contributed by atoms with Gasteiger partial charge in [-0.3, -0.25) is 4.98 Å². The number of halogens is 3. The maximum absolute atomic E-state index is 14.6. The molecule has 170 valence electrons. The van der Waals surface area contributed by atoms with Gasteiger partial charge in [0.15, 0.2) is 11.5 Å². The predicted molar refractivity (Wildman–Crippen MR) is 118 cm³/mol. The molecule has 0 saturated carbocycles. The zero-order chi connectivity index (χ0) is 22.7. The summed E-state index contributed by atoms with van der Waals surface area (Å²) in [5, 5.41) is 7.31. The first kappa shape index (κ1) is 22.2. The van der Waals surface area contributed by atoms with Gasteiger partial charge in [0.1, 0.15) is 11.9 Å². The summed E-state index contributed by atoms with van der Waals surface area (Å²) in [4.78, 5) is 4.44. The number of pyridine rings is 1. The first-order valence-corrected chi connectivity index (χ1v) is 10.6. The number of nitrogens with one attached hydrogen (secondary N) is 2. The van der Waals surface area contributed by atoms with Crippen LogP contribution in [-0.4, -0.2) is 31.3 Å². The molecular weight excluding hydrogens is 419 g/mol. The lowest BCUT2D eigenvalue weighted by molar-refractivity contribution is 0.146. The zero-order valence-corrected chi connectivity index (χ0v) is 18.0. The first-order valence-electron chi connectivity index (χ1n) is 10.6. The number of nitrogens with zero attached hydrogens (tertiary/aromatic N) is 1. The Hall–Kier alpha value is -3.00. The molecule has 1 saturated heterocycles. The van der Waals surface area contributed by atoms with E-state index in [1.54, 1.807) is 26.3 Å². The third-order valence-corrected chi connectivity index (χ3v) is 5.74. The van der Waals surface area contributed by atoms with Crippen LogP contribution in [0.3, 0.4) is 0 Å². The number of hydrogen-bond donors (Lipinski definition) is 2. The van der Waals surface area contributed by atoms with Crippen molar-refractivity contribution in [3.05, 3.63) is 59.5 Å². The van der Waals surface area contributed by atoms with E-state index in [1.807, 2.05) is 12.1 Å². The molecule has 32 heavy (non-hydrogen) atoms. The molecule has 5 nitrogen and oxygen atoms in total. The highest BCUT2D eigenvalue weighted by atomic mass is 19.3. The second-order valence-electron chi connectivity index (χ2n) is 7.86. The number of ether oxygens (including phenoxy) is 2. The lowest BCUT2D eigenvalue weighted by Crippen LogP contribution is -2.34. The summed E-state index contributed by atoms with van der Waals surface area (Å²) in [6, 6.07) is 8.94. The molecule has 1 aromatic heterocycles. The maximum atomic E-state index is 14.6. The fourth-order valence-electron chi connectivity index (χ4n) is 4.01. The molecule has 2 aromatic carbocycles. The zero-order valence-electron chi connectivity index (χ0n) is 18.0. The van der Waals surface area contributed by atoms with Gasteiger partial charge in [-0.1, -0.05) is 18.2 Å². The number of alkyl halides is 2. The van der Waals surface area contributed by atoms with Crippen LogP contribution in [-0.2, 0) is 0 Å². The Morgan fingerprint density at radius 2 is 1.84 bits per heavy atom. The molecule has 2 heterocycles. The summed E-state index contributed by atoms with van der Waals surface area (Å²) < 4.78 is 52.5. The van der Waals surface area contributed by atoms with E-state index < -0.39 is 23.8 Å². The van der Waals surface area contributed by atoms with Gasteiger partial charge in [0.05, 0.1) is 24.2 Å². The van der Waals surface area contributed by atoms with E-state index in [4.69, 9.17) is 9.47 Å². The monoisotopic (exact) mass is 445 g/mol. The number of piperidine rings is 1. The molecule has 1 fully saturated rings. The highest BCUT2D eigenvalue weighted by Crippen LogP contribution is 2.37. The molecule has 1 aliphatic heterocycles. The lowest BCUT2D eigenvalue weighted by Gasteiger charge is -2.25. The van der Waals surface area contributed by atoms with E-state index in [0.717, 1.165) is 37.4 Å². The second-order valence-corrected chi connectivity index (χ2v) is 7.86. The number of rotatable bonds is 7. The van der Waals surface area contributed by atoms with Crippen LogP contribution >= 0.6 is 0 Å². The molecule has 1 atom stereocenters. The molecule has 8 heteroatoms. The lowest BCUT2D eigenvalue weighted by atomic mass is 10.0. The van der Waals surface area contributed by atoms with Crippen LogP contribution in [0.15, 0.2) is 42.6 Å². The van der Waals surface area contributed by atoms with Crippen LogP contribution in [0.4, 0.5) is 18.9 Å². The fourth-order valence-corrected chi connectivity index (χ4v) is 4.01. The molecule has 0 bridgehead atoms. The van der Waals surface area contributed by atoms with E-state index in [1.165, 1.54) is 12.1 Å². The van der Waals surface area contributed by atoms with Gasteiger partial charge in [0, 0.05) is 28.9 Å². The van der Waals surface area contributed by atoms with Crippen molar-refractivity contribution in [1.82, 2.24) is 10.3 Å². The van der Waals surface area contributed by atoms with Crippen LogP contribution in [0, 0.1) is 5.82 Å². The minimum atomic E-state index is -2.87. The molecule has 4 rings (SSSR count). The molecule has 3 aromatic rings. The van der Waals surface area contributed by atoms with Crippen molar-refractivity contribution < 1.29 is 22.6 Å². The van der Waals surface area contributed by atoms with Crippen molar-refractivity contribution in [1.29, 1.82) is 0 Å². The second kappa shape index (κ2) is 9.65. The third kappa shape index (κ3) is 4.60. The van der Waals surface area contributed by atoms with Crippen molar-refractivity contribution in [2.75, 3.05) is 25.5 Å². The number of aromatic nitrogens is 1. The molecule has 0 spiro atoms. The van der Waals surface area contributed by atoms with Gasteiger partial charge in [0.25, 0.3) is 6.43 Å². The van der Waals surface area contributed by atoms with E-state index in [0.29, 0.717) is 22.7 Å². The predicted octanol–water partition coefficient (Wildman–Crippen LogP) is 5.62. The molecule has 0 aliphatic carbocycles. The molecular formula is C24H26F3N3O2. The Morgan fingerprint density at radius 3 is 2.56 bits per heavy atom. The smallest absolute Gasteiger partial charge is 0.266 e. The van der Waals surface area contributed by atoms with Crippen LogP contribution < -0.4 is 20.1 Å². The third-order valence-electron chi connectivity index (χ3n) is 5.74. The van der Waals surface area contributed by atoms with Crippen LogP contribution in [0.1, 0.15) is 43.4 Å². The van der Waals surface area contributed by atoms with Crippen molar-refractivity contribution >= 4 is 16.6 Å². The summed E-state index contributed by atoms with van der Waals surface area (Å²) in [5.74, 6) is 0.307. The molecule has 0 unspecified atom stereocenters. The average molecular weight is 445 g/mol. The number of benzene rings is 2. The van der Waals surface area contributed by atoms with Gasteiger partial charge in [-0.25, -0.2) is 13.2 Å². The van der Waals surface area contributed by atoms with Crippen molar-refractivity contribution in [3.63, 3.8) is 0 Å². The summed E-state index contributed by atoms with van der Waals surface area (Å²) in [6.45, 7) is 3.55. The van der Waals surface area contributed by atoms with E-state index in [-0.39, 0.29) is 11.7 Å². The number of anilines is 1. The van der Waals surface area contributed by atoms with Gasteiger partial charge in [-0.05, 0) is 45.0 Å². The van der Waals surface area contributed by atoms with Gasteiger partial charge in [0.2, 0.25) is 0 Å². The molecule has 1 aliphatic rings. The van der Waals surface area contributed by atoms with E-state index >= 15 is 0 Å². The summed E-state index contributed by atoms with van der Waals surface area (Å²) in [6.07, 6.45) is 0.707. The van der Waals surface area contributed by atoms with Gasteiger partial charge in [-0.15, -0.1) is 0 Å².